The van der Waals surface area contributed by atoms with Crippen molar-refractivity contribution in [1.82, 2.24) is 14.5 Å². The van der Waals surface area contributed by atoms with Gasteiger partial charge in [0, 0.05) is 18.8 Å². The number of amides is 1. The largest absolute Gasteiger partial charge is 0.465 e. The van der Waals surface area contributed by atoms with Gasteiger partial charge in [-0.05, 0) is 38.1 Å². The highest BCUT2D eigenvalue weighted by Gasteiger charge is 2.15. The van der Waals surface area contributed by atoms with E-state index < -0.39 is 5.97 Å². The monoisotopic (exact) mass is 415 g/mol. The number of hydrogen-bond donors (Lipinski definition) is 1. The fourth-order valence-electron chi connectivity index (χ4n) is 2.74. The molecule has 0 saturated carbocycles. The maximum Gasteiger partial charge on any atom is 0.337 e. The molecule has 29 heavy (non-hydrogen) atoms. The number of nitrogens with one attached hydrogen (secondary N) is 1. The van der Waals surface area contributed by atoms with Crippen molar-refractivity contribution in [2.45, 2.75) is 20.4 Å². The van der Waals surface area contributed by atoms with Gasteiger partial charge in [-0.1, -0.05) is 11.3 Å². The molecule has 0 fully saturated rings. The zero-order chi connectivity index (χ0) is 21.0. The first-order chi connectivity index (χ1) is 14.0. The van der Waals surface area contributed by atoms with Crippen LogP contribution >= 0.6 is 11.3 Å². The van der Waals surface area contributed by atoms with E-state index in [2.05, 4.69) is 20.0 Å². The minimum atomic E-state index is -0.456. The lowest BCUT2D eigenvalue weighted by Crippen LogP contribution is -2.27. The highest BCUT2D eigenvalue weighted by molar-refractivity contribution is 7.22. The molecule has 3 aromatic rings. The molecule has 3 rings (SSSR count). The number of carbonyl (C=O) groups is 2. The molecule has 0 spiro atoms. The summed E-state index contributed by atoms with van der Waals surface area (Å²) >= 11 is 1.28. The van der Waals surface area contributed by atoms with Gasteiger partial charge in [-0.15, -0.1) is 0 Å². The molecule has 0 aliphatic carbocycles. The van der Waals surface area contributed by atoms with Gasteiger partial charge in [-0.3, -0.25) is 14.2 Å². The van der Waals surface area contributed by atoms with Crippen molar-refractivity contribution in [3.63, 3.8) is 0 Å². The Labute approximate surface area is 171 Å². The van der Waals surface area contributed by atoms with Crippen LogP contribution in [0.2, 0.25) is 0 Å². The molecule has 1 aromatic carbocycles. The summed E-state index contributed by atoms with van der Waals surface area (Å²) in [6, 6.07) is 6.28. The fourth-order valence-corrected chi connectivity index (χ4v) is 3.84. The topological polar surface area (TPSA) is 106 Å². The molecule has 0 aliphatic heterocycles. The quantitative estimate of drug-likeness (QED) is 0.589. The Hall–Kier alpha value is -3.27. The molecule has 0 saturated heterocycles. The van der Waals surface area contributed by atoms with Crippen LogP contribution in [0.25, 0.3) is 10.3 Å². The van der Waals surface area contributed by atoms with E-state index in [4.69, 9.17) is 0 Å². The van der Waals surface area contributed by atoms with E-state index in [1.165, 1.54) is 29.3 Å². The summed E-state index contributed by atoms with van der Waals surface area (Å²) in [5.41, 5.74) is 0.968. The summed E-state index contributed by atoms with van der Waals surface area (Å²) in [4.78, 5) is 47.2. The van der Waals surface area contributed by atoms with Gasteiger partial charge in [-0.2, -0.15) is 4.98 Å². The van der Waals surface area contributed by atoms with Crippen molar-refractivity contribution >= 4 is 44.4 Å². The first-order valence-electron chi connectivity index (χ1n) is 9.06. The van der Waals surface area contributed by atoms with Gasteiger partial charge in [0.1, 0.15) is 17.6 Å². The number of methoxy groups -OCH3 is 1. The molecule has 10 heteroatoms. The molecule has 1 amide bonds. The van der Waals surface area contributed by atoms with Crippen molar-refractivity contribution in [2.75, 3.05) is 30.4 Å². The van der Waals surface area contributed by atoms with Crippen molar-refractivity contribution in [2.24, 2.45) is 0 Å². The predicted molar refractivity (Wildman–Crippen MR) is 112 cm³/mol. The number of hydrogen-bond acceptors (Lipinski definition) is 8. The number of aromatic nitrogens is 3. The van der Waals surface area contributed by atoms with Crippen LogP contribution in [-0.4, -0.2) is 46.6 Å². The highest BCUT2D eigenvalue weighted by Crippen LogP contribution is 2.24. The molecule has 0 bridgehead atoms. The van der Waals surface area contributed by atoms with E-state index in [9.17, 15) is 14.4 Å². The fraction of sp³-hybridized carbons (Fsp3) is 0.316. The van der Waals surface area contributed by atoms with E-state index in [1.807, 2.05) is 18.7 Å². The highest BCUT2D eigenvalue weighted by atomic mass is 32.1. The zero-order valence-corrected chi connectivity index (χ0v) is 17.2. The van der Waals surface area contributed by atoms with Gasteiger partial charge in [0.15, 0.2) is 10.8 Å². The van der Waals surface area contributed by atoms with Crippen LogP contribution in [0.15, 0.2) is 35.4 Å². The van der Waals surface area contributed by atoms with Crippen LogP contribution in [0, 0.1) is 0 Å². The van der Waals surface area contributed by atoms with Crippen molar-refractivity contribution in [1.29, 1.82) is 0 Å². The Morgan fingerprint density at radius 1 is 1.21 bits per heavy atom. The third-order valence-corrected chi connectivity index (χ3v) is 5.40. The van der Waals surface area contributed by atoms with Gasteiger partial charge in [0.05, 0.1) is 12.7 Å². The Bertz CT molecular complexity index is 1090. The average molecular weight is 415 g/mol. The predicted octanol–water partition coefficient (Wildman–Crippen LogP) is 2.12. The molecule has 0 atom stereocenters. The molecule has 9 nitrogen and oxygen atoms in total. The van der Waals surface area contributed by atoms with Crippen LogP contribution in [0.4, 0.5) is 10.8 Å². The number of thiazole rings is 1. The third kappa shape index (κ3) is 4.43. The lowest BCUT2D eigenvalue weighted by Gasteiger charge is -2.15. The second-order valence-corrected chi connectivity index (χ2v) is 7.09. The molecule has 2 heterocycles. The Balaban J connectivity index is 1.75. The minimum absolute atomic E-state index is 0.182. The molecule has 1 N–H and O–H groups in total. The average Bonchev–Trinajstić information content (AvgIpc) is 3.16. The molecular formula is C19H21N5O4S. The van der Waals surface area contributed by atoms with Crippen molar-refractivity contribution in [3.05, 3.63) is 46.5 Å². The van der Waals surface area contributed by atoms with Crippen LogP contribution < -0.4 is 15.8 Å². The Kier molecular flexibility index (Phi) is 6.23. The van der Waals surface area contributed by atoms with E-state index in [0.717, 1.165) is 18.2 Å². The lowest BCUT2D eigenvalue weighted by molar-refractivity contribution is -0.116. The van der Waals surface area contributed by atoms with Crippen molar-refractivity contribution in [3.8, 4) is 0 Å². The first kappa shape index (κ1) is 20.5. The summed E-state index contributed by atoms with van der Waals surface area (Å²) in [7, 11) is 1.30. The summed E-state index contributed by atoms with van der Waals surface area (Å²) in [5, 5.41) is 3.43. The number of nitrogens with zero attached hydrogens (tertiary/aromatic N) is 4. The second kappa shape index (κ2) is 8.82. The van der Waals surface area contributed by atoms with Crippen LogP contribution in [-0.2, 0) is 16.1 Å². The summed E-state index contributed by atoms with van der Waals surface area (Å²) < 4.78 is 6.31. The maximum absolute atomic E-state index is 12.7. The lowest BCUT2D eigenvalue weighted by atomic mass is 10.2. The minimum Gasteiger partial charge on any atom is -0.465 e. The standard InChI is InChI=1S/C19H21N5O4S/c1-4-23(5-2)19-22-16-15(29-19)17(26)24(11-20-16)10-14(25)21-13-8-6-12(7-9-13)18(27)28-3/h6-9,11H,4-5,10H2,1-3H3,(H,21,25). The maximum atomic E-state index is 12.7. The number of anilines is 2. The Morgan fingerprint density at radius 3 is 2.52 bits per heavy atom. The number of fused-ring (bicyclic) bond motifs is 1. The number of rotatable bonds is 7. The number of esters is 1. The van der Waals surface area contributed by atoms with Gasteiger partial charge >= 0.3 is 5.97 Å². The summed E-state index contributed by atoms with van der Waals surface area (Å²) in [6.07, 6.45) is 1.33. The normalized spacial score (nSPS) is 10.7. The van der Waals surface area contributed by atoms with E-state index in [1.54, 1.807) is 24.3 Å². The second-order valence-electron chi connectivity index (χ2n) is 6.12. The summed E-state index contributed by atoms with van der Waals surface area (Å²) in [5.74, 6) is -0.838. The van der Waals surface area contributed by atoms with Crippen LogP contribution in [0.3, 0.4) is 0 Å². The van der Waals surface area contributed by atoms with Gasteiger partial charge in [0.2, 0.25) is 5.91 Å². The molecule has 2 aromatic heterocycles. The van der Waals surface area contributed by atoms with Crippen LogP contribution in [0.5, 0.6) is 0 Å². The summed E-state index contributed by atoms with van der Waals surface area (Å²) in [6.45, 7) is 5.41. The first-order valence-corrected chi connectivity index (χ1v) is 9.87. The molecule has 152 valence electrons. The number of carbonyl (C=O) groups excluding carboxylic acids is 2. The van der Waals surface area contributed by atoms with E-state index in [0.29, 0.717) is 21.6 Å². The molecule has 0 unspecified atom stereocenters. The zero-order valence-electron chi connectivity index (χ0n) is 16.3. The molecular weight excluding hydrogens is 394 g/mol. The Morgan fingerprint density at radius 2 is 1.90 bits per heavy atom. The SMILES string of the molecule is CCN(CC)c1nc2ncn(CC(=O)Nc3ccc(C(=O)OC)cc3)c(=O)c2s1. The van der Waals surface area contributed by atoms with E-state index in [-0.39, 0.29) is 18.0 Å². The van der Waals surface area contributed by atoms with E-state index >= 15 is 0 Å². The van der Waals surface area contributed by atoms with Gasteiger partial charge in [0.25, 0.3) is 5.56 Å². The number of benzene rings is 1. The smallest absolute Gasteiger partial charge is 0.337 e. The van der Waals surface area contributed by atoms with Crippen LogP contribution in [0.1, 0.15) is 24.2 Å². The molecule has 0 radical (unpaired) electrons. The third-order valence-electron chi connectivity index (χ3n) is 4.31. The van der Waals surface area contributed by atoms with Gasteiger partial charge in [-0.25, -0.2) is 9.78 Å². The van der Waals surface area contributed by atoms with Crippen molar-refractivity contribution < 1.29 is 14.3 Å². The molecule has 0 aliphatic rings. The van der Waals surface area contributed by atoms with Gasteiger partial charge < -0.3 is 15.0 Å². The number of ether oxygens (including phenoxy) is 1.